The first-order chi connectivity index (χ1) is 21.9. The summed E-state index contributed by atoms with van der Waals surface area (Å²) in [7, 11) is 4.14. The van der Waals surface area contributed by atoms with E-state index in [1.54, 1.807) is 0 Å². The normalized spacial score (nSPS) is 14.5. The van der Waals surface area contributed by atoms with Gasteiger partial charge >= 0.3 is 5.97 Å². The fourth-order valence-electron chi connectivity index (χ4n) is 6.37. The molecule has 0 amide bonds. The lowest BCUT2D eigenvalue weighted by molar-refractivity contribution is -0.152. The summed E-state index contributed by atoms with van der Waals surface area (Å²) in [4.78, 5) is 14.7. The number of aliphatic carboxylic acids is 1. The molecule has 0 saturated heterocycles. The summed E-state index contributed by atoms with van der Waals surface area (Å²) in [6.07, 6.45) is 49.9. The van der Waals surface area contributed by atoms with Crippen molar-refractivity contribution in [3.8, 4) is 0 Å². The van der Waals surface area contributed by atoms with Gasteiger partial charge in [0.2, 0.25) is 0 Å². The van der Waals surface area contributed by atoms with E-state index in [0.717, 1.165) is 44.9 Å². The molecule has 0 aromatic carbocycles. The second-order valence-corrected chi connectivity index (χ2v) is 13.9. The summed E-state index contributed by atoms with van der Waals surface area (Å²) < 4.78 is 0. The van der Waals surface area contributed by atoms with Crippen LogP contribution in [0.5, 0.6) is 0 Å². The predicted octanol–water partition coefficient (Wildman–Crippen LogP) is 13.4. The molecular formula is C42H77NO2. The molecule has 0 aliphatic rings. The first-order valence-corrected chi connectivity index (χ1v) is 19.4. The quantitative estimate of drug-likeness (QED) is 0.0581. The minimum Gasteiger partial charge on any atom is -0.481 e. The number of unbranched alkanes of at least 4 members (excludes halogenated alkanes) is 18. The van der Waals surface area contributed by atoms with Gasteiger partial charge in [-0.3, -0.25) is 4.79 Å². The van der Waals surface area contributed by atoms with Crippen LogP contribution in [-0.2, 0) is 4.79 Å². The first-order valence-electron chi connectivity index (χ1n) is 19.4. The van der Waals surface area contributed by atoms with Crippen molar-refractivity contribution in [2.45, 2.75) is 194 Å². The molecule has 1 N–H and O–H groups in total. The molecule has 0 saturated carbocycles. The van der Waals surface area contributed by atoms with Gasteiger partial charge in [-0.25, -0.2) is 0 Å². The SMILES string of the molecule is CCCCC/C=C\C/C=C\CCCCCCCCC(N(C)C)C(C)(CCCCCCCC/C=C\C/C=C\CCCCC)C(=O)O. The van der Waals surface area contributed by atoms with Crippen LogP contribution in [0, 0.1) is 5.41 Å². The van der Waals surface area contributed by atoms with Crippen molar-refractivity contribution >= 4 is 5.97 Å². The Labute approximate surface area is 282 Å². The summed E-state index contributed by atoms with van der Waals surface area (Å²) in [5.74, 6) is -0.621. The molecular weight excluding hydrogens is 550 g/mol. The van der Waals surface area contributed by atoms with Crippen molar-refractivity contribution in [2.75, 3.05) is 14.1 Å². The van der Waals surface area contributed by atoms with Crippen molar-refractivity contribution in [3.63, 3.8) is 0 Å². The third kappa shape index (κ3) is 26.2. The van der Waals surface area contributed by atoms with Crippen molar-refractivity contribution < 1.29 is 9.90 Å². The van der Waals surface area contributed by atoms with Gasteiger partial charge in [-0.2, -0.15) is 0 Å². The lowest BCUT2D eigenvalue weighted by atomic mass is 9.75. The second-order valence-electron chi connectivity index (χ2n) is 13.9. The van der Waals surface area contributed by atoms with E-state index in [1.807, 2.05) is 6.92 Å². The van der Waals surface area contributed by atoms with E-state index in [4.69, 9.17) is 0 Å². The highest BCUT2D eigenvalue weighted by molar-refractivity contribution is 5.75. The highest BCUT2D eigenvalue weighted by Gasteiger charge is 2.41. The van der Waals surface area contributed by atoms with Crippen LogP contribution in [-0.4, -0.2) is 36.1 Å². The third-order valence-corrected chi connectivity index (χ3v) is 9.42. The van der Waals surface area contributed by atoms with Gasteiger partial charge in [-0.15, -0.1) is 0 Å². The molecule has 45 heavy (non-hydrogen) atoms. The lowest BCUT2D eigenvalue weighted by Gasteiger charge is -2.38. The van der Waals surface area contributed by atoms with E-state index in [1.165, 1.54) is 122 Å². The van der Waals surface area contributed by atoms with E-state index in [0.29, 0.717) is 0 Å². The second kappa shape index (κ2) is 32.3. The highest BCUT2D eigenvalue weighted by Crippen LogP contribution is 2.35. The Morgan fingerprint density at radius 2 is 0.911 bits per heavy atom. The number of nitrogens with zero attached hydrogens (tertiary/aromatic N) is 1. The van der Waals surface area contributed by atoms with Gasteiger partial charge in [0.05, 0.1) is 5.41 Å². The summed E-state index contributed by atoms with van der Waals surface area (Å²) in [5.41, 5.74) is -0.671. The largest absolute Gasteiger partial charge is 0.481 e. The van der Waals surface area contributed by atoms with Gasteiger partial charge in [-0.05, 0) is 98.1 Å². The summed E-state index contributed by atoms with van der Waals surface area (Å²) in [6, 6.07) is 0.0961. The van der Waals surface area contributed by atoms with Crippen molar-refractivity contribution in [3.05, 3.63) is 48.6 Å². The van der Waals surface area contributed by atoms with Gasteiger partial charge in [0.15, 0.2) is 0 Å². The summed E-state index contributed by atoms with van der Waals surface area (Å²) in [5, 5.41) is 10.3. The molecule has 262 valence electrons. The molecule has 3 heteroatoms. The van der Waals surface area contributed by atoms with Gasteiger partial charge in [0, 0.05) is 6.04 Å². The van der Waals surface area contributed by atoms with Crippen LogP contribution in [0.2, 0.25) is 0 Å². The zero-order chi connectivity index (χ0) is 33.3. The van der Waals surface area contributed by atoms with Crippen molar-refractivity contribution in [2.24, 2.45) is 5.41 Å². The standard InChI is InChI=1S/C42H77NO2/c1-6-8-10-12-14-16-18-20-22-24-26-28-30-32-34-36-38-40(43(4)5)42(3,41(44)45)39-37-35-33-31-29-27-25-23-21-19-17-15-13-11-9-7-2/h14-17,20-23,40H,6-13,18-19,24-39H2,1-5H3,(H,44,45)/b16-14-,17-15-,22-20-,23-21-. The Morgan fingerprint density at radius 1 is 0.556 bits per heavy atom. The van der Waals surface area contributed by atoms with E-state index in [9.17, 15) is 9.90 Å². The molecule has 0 spiro atoms. The predicted molar refractivity (Wildman–Crippen MR) is 201 cm³/mol. The molecule has 0 rings (SSSR count). The third-order valence-electron chi connectivity index (χ3n) is 9.42. The topological polar surface area (TPSA) is 40.5 Å². The zero-order valence-corrected chi connectivity index (χ0v) is 30.9. The Bertz CT molecular complexity index is 765. The van der Waals surface area contributed by atoms with Crippen LogP contribution in [0.1, 0.15) is 188 Å². The number of allylic oxidation sites excluding steroid dienone is 8. The molecule has 2 atom stereocenters. The molecule has 0 aliphatic heterocycles. The number of carbonyl (C=O) groups is 1. The maximum absolute atomic E-state index is 12.5. The average Bonchev–Trinajstić information content (AvgIpc) is 3.02. The lowest BCUT2D eigenvalue weighted by Crippen LogP contribution is -2.47. The fraction of sp³-hybridized carbons (Fsp3) is 0.786. The first kappa shape index (κ1) is 43.4. The number of carboxylic acid groups (broad SMARTS) is 1. The maximum atomic E-state index is 12.5. The van der Waals surface area contributed by atoms with E-state index >= 15 is 0 Å². The number of rotatable bonds is 33. The van der Waals surface area contributed by atoms with Crippen LogP contribution < -0.4 is 0 Å². The van der Waals surface area contributed by atoms with Crippen molar-refractivity contribution in [1.82, 2.24) is 4.90 Å². The molecule has 0 fully saturated rings. The minimum absolute atomic E-state index is 0.0961. The summed E-state index contributed by atoms with van der Waals surface area (Å²) >= 11 is 0. The maximum Gasteiger partial charge on any atom is 0.310 e. The zero-order valence-electron chi connectivity index (χ0n) is 30.9. The van der Waals surface area contributed by atoms with Crippen LogP contribution >= 0.6 is 0 Å². The smallest absolute Gasteiger partial charge is 0.310 e. The Kier molecular flexibility index (Phi) is 31.2. The van der Waals surface area contributed by atoms with Gasteiger partial charge in [0.1, 0.15) is 0 Å². The van der Waals surface area contributed by atoms with E-state index in [2.05, 4.69) is 81.5 Å². The van der Waals surface area contributed by atoms with Crippen LogP contribution in [0.15, 0.2) is 48.6 Å². The van der Waals surface area contributed by atoms with Crippen LogP contribution in [0.3, 0.4) is 0 Å². The average molecular weight is 628 g/mol. The molecule has 0 aromatic rings. The molecule has 0 aliphatic carbocycles. The summed E-state index contributed by atoms with van der Waals surface area (Å²) in [6.45, 7) is 6.51. The number of hydrogen-bond donors (Lipinski definition) is 1. The Hall–Kier alpha value is -1.61. The molecule has 0 aromatic heterocycles. The molecule has 0 bridgehead atoms. The molecule has 2 unspecified atom stereocenters. The van der Waals surface area contributed by atoms with Crippen molar-refractivity contribution in [1.29, 1.82) is 0 Å². The van der Waals surface area contributed by atoms with E-state index < -0.39 is 11.4 Å². The number of hydrogen-bond acceptors (Lipinski definition) is 2. The molecule has 3 nitrogen and oxygen atoms in total. The van der Waals surface area contributed by atoms with Crippen LogP contribution in [0.4, 0.5) is 0 Å². The Balaban J connectivity index is 4.05. The van der Waals surface area contributed by atoms with E-state index in [-0.39, 0.29) is 6.04 Å². The van der Waals surface area contributed by atoms with Gasteiger partial charge in [-0.1, -0.05) is 152 Å². The minimum atomic E-state index is -0.671. The highest BCUT2D eigenvalue weighted by atomic mass is 16.4. The van der Waals surface area contributed by atoms with Gasteiger partial charge < -0.3 is 10.0 Å². The Morgan fingerprint density at radius 3 is 1.29 bits per heavy atom. The number of carboxylic acids is 1. The van der Waals surface area contributed by atoms with Crippen LogP contribution in [0.25, 0.3) is 0 Å². The van der Waals surface area contributed by atoms with Gasteiger partial charge in [0.25, 0.3) is 0 Å². The molecule has 0 radical (unpaired) electrons. The fourth-order valence-corrected chi connectivity index (χ4v) is 6.37. The molecule has 0 heterocycles. The monoisotopic (exact) mass is 628 g/mol.